The van der Waals surface area contributed by atoms with Crippen molar-refractivity contribution >= 4 is 17.8 Å². The third-order valence-electron chi connectivity index (χ3n) is 8.11. The van der Waals surface area contributed by atoms with Crippen molar-refractivity contribution in [2.75, 3.05) is 27.1 Å². The molecule has 0 aliphatic heterocycles. The SMILES string of the molecule is COCCOCOc1ccc(/C(C)=C\c2ccc(OC(=O)O)nc2)cc1C12CC3CC(CC(C3)C1)C2. The number of nitrogens with zero attached hydrogens (tertiary/aromatic N) is 1. The van der Waals surface area contributed by atoms with E-state index in [2.05, 4.69) is 40.9 Å². The highest BCUT2D eigenvalue weighted by Gasteiger charge is 2.52. The Hall–Kier alpha value is -2.90. The summed E-state index contributed by atoms with van der Waals surface area (Å²) < 4.78 is 21.5. The van der Waals surface area contributed by atoms with Gasteiger partial charge in [-0.2, -0.15) is 0 Å². The molecular formula is C29H35NO6. The van der Waals surface area contributed by atoms with Crippen LogP contribution in [0.25, 0.3) is 11.6 Å². The standard InChI is InChI=1S/C29H35NO6/c1-19(9-20-3-6-27(30-17-20)36-28(31)32)24-4-5-26(35-18-34-8-7-33-2)25(13-24)29-14-21-10-22(15-29)12-23(11-21)16-29/h3-6,9,13,17,21-23H,7-8,10-12,14-16,18H2,1-2H3,(H,31,32)/b19-9-. The molecule has 0 saturated heterocycles. The minimum atomic E-state index is -1.37. The van der Waals surface area contributed by atoms with E-state index in [4.69, 9.17) is 19.3 Å². The van der Waals surface area contributed by atoms with Gasteiger partial charge in [-0.15, -0.1) is 0 Å². The van der Waals surface area contributed by atoms with Gasteiger partial charge in [-0.3, -0.25) is 0 Å². The number of carbonyl (C=O) groups is 1. The zero-order valence-corrected chi connectivity index (χ0v) is 21.1. The van der Waals surface area contributed by atoms with Crippen LogP contribution < -0.4 is 9.47 Å². The van der Waals surface area contributed by atoms with Crippen LogP contribution >= 0.6 is 0 Å². The number of allylic oxidation sites excluding steroid dienone is 1. The fourth-order valence-corrected chi connectivity index (χ4v) is 7.02. The lowest BCUT2D eigenvalue weighted by molar-refractivity contribution is -0.0189. The molecule has 4 bridgehead atoms. The van der Waals surface area contributed by atoms with E-state index in [1.54, 1.807) is 19.4 Å². The minimum Gasteiger partial charge on any atom is -0.467 e. The van der Waals surface area contributed by atoms with Crippen LogP contribution in [-0.2, 0) is 14.9 Å². The predicted octanol–water partition coefficient (Wildman–Crippen LogP) is 6.17. The average molecular weight is 494 g/mol. The Balaban J connectivity index is 1.42. The number of ether oxygens (including phenoxy) is 4. The Morgan fingerprint density at radius 2 is 1.81 bits per heavy atom. The van der Waals surface area contributed by atoms with Gasteiger partial charge < -0.3 is 24.1 Å². The van der Waals surface area contributed by atoms with Crippen LogP contribution in [0.1, 0.15) is 62.1 Å². The highest BCUT2D eigenvalue weighted by molar-refractivity contribution is 5.80. The van der Waals surface area contributed by atoms with Crippen molar-refractivity contribution in [1.29, 1.82) is 0 Å². The van der Waals surface area contributed by atoms with E-state index in [1.807, 2.05) is 6.07 Å². The third-order valence-corrected chi connectivity index (χ3v) is 8.11. The first kappa shape index (κ1) is 24.8. The molecule has 1 N–H and O–H groups in total. The summed E-state index contributed by atoms with van der Waals surface area (Å²) >= 11 is 0. The lowest BCUT2D eigenvalue weighted by Crippen LogP contribution is -2.48. The van der Waals surface area contributed by atoms with E-state index < -0.39 is 6.16 Å². The maximum absolute atomic E-state index is 10.7. The number of methoxy groups -OCH3 is 1. The fraction of sp³-hybridized carbons (Fsp3) is 0.517. The normalized spacial score (nSPS) is 26.7. The summed E-state index contributed by atoms with van der Waals surface area (Å²) in [6.07, 6.45) is 10.2. The number of hydrogen-bond donors (Lipinski definition) is 1. The van der Waals surface area contributed by atoms with Crippen LogP contribution in [0.4, 0.5) is 4.79 Å². The molecule has 1 aromatic heterocycles. The largest absolute Gasteiger partial charge is 0.512 e. The second-order valence-corrected chi connectivity index (χ2v) is 10.7. The average Bonchev–Trinajstić information content (AvgIpc) is 2.84. The lowest BCUT2D eigenvalue weighted by atomic mass is 9.48. The second kappa shape index (κ2) is 10.6. The highest BCUT2D eigenvalue weighted by atomic mass is 16.7. The number of carboxylic acid groups (broad SMARTS) is 1. The fourth-order valence-electron chi connectivity index (χ4n) is 7.02. The van der Waals surface area contributed by atoms with Crippen molar-refractivity contribution in [3.8, 4) is 11.6 Å². The molecule has 2 aromatic rings. The number of aromatic nitrogens is 1. The van der Waals surface area contributed by atoms with E-state index in [1.165, 1.54) is 44.1 Å². The summed E-state index contributed by atoms with van der Waals surface area (Å²) in [5.74, 6) is 3.50. The van der Waals surface area contributed by atoms with E-state index in [9.17, 15) is 4.79 Å². The quantitative estimate of drug-likeness (QED) is 0.241. The summed E-state index contributed by atoms with van der Waals surface area (Å²) in [5.41, 5.74) is 4.65. The zero-order valence-electron chi connectivity index (χ0n) is 21.1. The van der Waals surface area contributed by atoms with Crippen molar-refractivity contribution in [2.45, 2.75) is 50.9 Å². The van der Waals surface area contributed by atoms with Crippen LogP contribution in [-0.4, -0.2) is 43.4 Å². The van der Waals surface area contributed by atoms with Crippen molar-refractivity contribution in [3.05, 3.63) is 53.2 Å². The summed E-state index contributed by atoms with van der Waals surface area (Å²) in [5, 5.41) is 8.76. The van der Waals surface area contributed by atoms with Crippen molar-refractivity contribution in [1.82, 2.24) is 4.98 Å². The third kappa shape index (κ3) is 5.42. The molecular weight excluding hydrogens is 458 g/mol. The molecule has 4 aliphatic carbocycles. The van der Waals surface area contributed by atoms with Crippen LogP contribution in [0.2, 0.25) is 0 Å². The van der Waals surface area contributed by atoms with Gasteiger partial charge in [0.2, 0.25) is 5.88 Å². The molecule has 4 aliphatic rings. The van der Waals surface area contributed by atoms with Crippen LogP contribution in [0.15, 0.2) is 36.5 Å². The molecule has 7 nitrogen and oxygen atoms in total. The Bertz CT molecular complexity index is 1070. The molecule has 192 valence electrons. The smallest absolute Gasteiger partial charge is 0.467 e. The number of hydrogen-bond acceptors (Lipinski definition) is 6. The van der Waals surface area contributed by atoms with Gasteiger partial charge in [0.25, 0.3) is 0 Å². The van der Waals surface area contributed by atoms with E-state index in [0.29, 0.717) is 13.2 Å². The molecule has 7 heteroatoms. The van der Waals surface area contributed by atoms with Gasteiger partial charge >= 0.3 is 6.16 Å². The first-order valence-corrected chi connectivity index (χ1v) is 12.8. The zero-order chi connectivity index (χ0) is 25.1. The van der Waals surface area contributed by atoms with Gasteiger partial charge in [0.05, 0.1) is 13.2 Å². The van der Waals surface area contributed by atoms with Crippen molar-refractivity contribution in [2.24, 2.45) is 17.8 Å². The maximum atomic E-state index is 10.7. The number of benzene rings is 1. The molecule has 1 heterocycles. The highest BCUT2D eigenvalue weighted by Crippen LogP contribution is 2.62. The molecule has 0 amide bonds. The minimum absolute atomic E-state index is 0.0654. The van der Waals surface area contributed by atoms with Crippen molar-refractivity contribution < 1.29 is 28.8 Å². The number of rotatable bonds is 10. The van der Waals surface area contributed by atoms with Crippen LogP contribution in [0, 0.1) is 17.8 Å². The number of pyridine rings is 1. The van der Waals surface area contributed by atoms with E-state index >= 15 is 0 Å². The van der Waals surface area contributed by atoms with Gasteiger partial charge in [0.1, 0.15) is 5.75 Å². The first-order valence-electron chi connectivity index (χ1n) is 12.8. The van der Waals surface area contributed by atoms with Gasteiger partial charge in [-0.1, -0.05) is 6.07 Å². The van der Waals surface area contributed by atoms with E-state index in [-0.39, 0.29) is 18.1 Å². The molecule has 36 heavy (non-hydrogen) atoms. The van der Waals surface area contributed by atoms with Crippen LogP contribution in [0.5, 0.6) is 11.6 Å². The second-order valence-electron chi connectivity index (χ2n) is 10.7. The van der Waals surface area contributed by atoms with Gasteiger partial charge in [0.15, 0.2) is 6.79 Å². The molecule has 1 aromatic carbocycles. The molecule has 0 unspecified atom stereocenters. The predicted molar refractivity (Wildman–Crippen MR) is 136 cm³/mol. The Kier molecular flexibility index (Phi) is 7.30. The topological polar surface area (TPSA) is 87.1 Å². The molecule has 4 fully saturated rings. The monoisotopic (exact) mass is 493 g/mol. The Labute approximate surface area is 212 Å². The summed E-state index contributed by atoms with van der Waals surface area (Å²) in [6, 6.07) is 9.91. The maximum Gasteiger partial charge on any atom is 0.512 e. The molecule has 0 radical (unpaired) electrons. The summed E-state index contributed by atoms with van der Waals surface area (Å²) in [4.78, 5) is 14.8. The van der Waals surface area contributed by atoms with Gasteiger partial charge in [0, 0.05) is 24.9 Å². The first-order chi connectivity index (χ1) is 17.4. The molecule has 6 rings (SSSR count). The van der Waals surface area contributed by atoms with Gasteiger partial charge in [-0.25, -0.2) is 9.78 Å². The van der Waals surface area contributed by atoms with Crippen molar-refractivity contribution in [3.63, 3.8) is 0 Å². The Morgan fingerprint density at radius 1 is 1.08 bits per heavy atom. The molecule has 0 spiro atoms. The summed E-state index contributed by atoms with van der Waals surface area (Å²) in [6.45, 7) is 3.36. The summed E-state index contributed by atoms with van der Waals surface area (Å²) in [7, 11) is 1.66. The van der Waals surface area contributed by atoms with E-state index in [0.717, 1.165) is 40.2 Å². The Morgan fingerprint density at radius 3 is 2.42 bits per heavy atom. The molecule has 0 atom stereocenters. The lowest BCUT2D eigenvalue weighted by Gasteiger charge is -2.57. The van der Waals surface area contributed by atoms with Crippen LogP contribution in [0.3, 0.4) is 0 Å². The molecule has 4 saturated carbocycles. The van der Waals surface area contributed by atoms with Gasteiger partial charge in [-0.05, 0) is 110 Å².